The molecule has 1 aliphatic carbocycles. The highest BCUT2D eigenvalue weighted by molar-refractivity contribution is 6.06. The Morgan fingerprint density at radius 2 is 1.81 bits per heavy atom. The van der Waals surface area contributed by atoms with E-state index in [-0.39, 0.29) is 24.1 Å². The van der Waals surface area contributed by atoms with E-state index >= 15 is 0 Å². The molecule has 2 saturated heterocycles. The molecule has 1 aromatic rings. The van der Waals surface area contributed by atoms with E-state index in [0.717, 1.165) is 43.3 Å². The molecule has 4 aliphatic rings. The lowest BCUT2D eigenvalue weighted by Crippen LogP contribution is -2.52. The number of rotatable bonds is 7. The number of amides is 3. The minimum atomic E-state index is -0.560. The van der Waals surface area contributed by atoms with Crippen LogP contribution in [-0.4, -0.2) is 54.8 Å². The maximum absolute atomic E-state index is 13.2. The van der Waals surface area contributed by atoms with Crippen molar-refractivity contribution in [3.63, 3.8) is 0 Å². The second-order valence-corrected chi connectivity index (χ2v) is 9.57. The maximum Gasteiger partial charge on any atom is 0.255 e. The Kier molecular flexibility index (Phi) is 5.69. The van der Waals surface area contributed by atoms with Crippen LogP contribution in [0.1, 0.15) is 60.9 Å². The molecule has 1 unspecified atom stereocenters. The molecule has 3 fully saturated rings. The summed E-state index contributed by atoms with van der Waals surface area (Å²) in [4.78, 5) is 41.3. The molecule has 3 heterocycles. The van der Waals surface area contributed by atoms with E-state index in [1.807, 2.05) is 12.1 Å². The molecule has 1 saturated carbocycles. The number of benzene rings is 1. The molecule has 0 spiro atoms. The summed E-state index contributed by atoms with van der Waals surface area (Å²) in [5.41, 5.74) is 2.91. The number of nitrogens with one attached hydrogen (secondary N) is 2. The summed E-state index contributed by atoms with van der Waals surface area (Å²) in [6, 6.07) is 5.45. The van der Waals surface area contributed by atoms with E-state index in [1.165, 1.54) is 32.1 Å². The molecular formula is C24H32N4O3. The number of nitrogens with zero attached hydrogens (tertiary/aromatic N) is 2. The summed E-state index contributed by atoms with van der Waals surface area (Å²) in [6.07, 6.45) is 6.96. The molecule has 0 aromatic heterocycles. The van der Waals surface area contributed by atoms with Crippen LogP contribution in [0.2, 0.25) is 0 Å². The number of anilines is 1. The molecule has 5 rings (SSSR count). The average molecular weight is 425 g/mol. The molecule has 3 aliphatic heterocycles. The minimum Gasteiger partial charge on any atom is -0.371 e. The Labute approximate surface area is 183 Å². The standard InChI is InChI=1S/C24H32N4O3/c29-22-7-6-21(23(30)26-22)28-15-19-18(24(28)31)2-1-3-20(19)27(13-10-16-4-5-16)14-17-8-11-25-12-9-17/h1-3,16-17,21,25H,4-15H2,(H,26,29,30). The monoisotopic (exact) mass is 424 g/mol. The molecule has 1 aromatic carbocycles. The largest absolute Gasteiger partial charge is 0.371 e. The number of fused-ring (bicyclic) bond motifs is 1. The van der Waals surface area contributed by atoms with Gasteiger partial charge in [-0.25, -0.2) is 0 Å². The van der Waals surface area contributed by atoms with Gasteiger partial charge >= 0.3 is 0 Å². The van der Waals surface area contributed by atoms with Crippen LogP contribution in [-0.2, 0) is 16.1 Å². The van der Waals surface area contributed by atoms with Crippen LogP contribution in [0.25, 0.3) is 0 Å². The van der Waals surface area contributed by atoms with Gasteiger partial charge in [-0.15, -0.1) is 0 Å². The van der Waals surface area contributed by atoms with Crippen molar-refractivity contribution in [3.05, 3.63) is 29.3 Å². The van der Waals surface area contributed by atoms with E-state index in [2.05, 4.69) is 21.6 Å². The highest BCUT2D eigenvalue weighted by Crippen LogP contribution is 2.37. The molecule has 31 heavy (non-hydrogen) atoms. The summed E-state index contributed by atoms with van der Waals surface area (Å²) in [5.74, 6) is 0.836. The third kappa shape index (κ3) is 4.33. The van der Waals surface area contributed by atoms with Crippen molar-refractivity contribution in [3.8, 4) is 0 Å². The van der Waals surface area contributed by atoms with E-state index in [0.29, 0.717) is 24.4 Å². The predicted molar refractivity (Wildman–Crippen MR) is 118 cm³/mol. The zero-order valence-electron chi connectivity index (χ0n) is 18.1. The first-order valence-electron chi connectivity index (χ1n) is 11.8. The summed E-state index contributed by atoms with van der Waals surface area (Å²) in [6.45, 7) is 4.66. The molecule has 0 bridgehead atoms. The molecule has 3 amide bonds. The molecule has 7 nitrogen and oxygen atoms in total. The van der Waals surface area contributed by atoms with Gasteiger partial charge in [0.1, 0.15) is 6.04 Å². The van der Waals surface area contributed by atoms with Gasteiger partial charge in [0.05, 0.1) is 0 Å². The normalized spacial score (nSPS) is 24.3. The molecule has 2 N–H and O–H groups in total. The van der Waals surface area contributed by atoms with Gasteiger partial charge < -0.3 is 15.1 Å². The lowest BCUT2D eigenvalue weighted by molar-refractivity contribution is -0.136. The summed E-state index contributed by atoms with van der Waals surface area (Å²) in [7, 11) is 0. The van der Waals surface area contributed by atoms with Gasteiger partial charge in [0.2, 0.25) is 11.8 Å². The summed E-state index contributed by atoms with van der Waals surface area (Å²) >= 11 is 0. The van der Waals surface area contributed by atoms with Crippen molar-refractivity contribution in [1.82, 2.24) is 15.5 Å². The number of carbonyl (C=O) groups is 3. The van der Waals surface area contributed by atoms with Crippen LogP contribution in [0.3, 0.4) is 0 Å². The van der Waals surface area contributed by atoms with Crippen LogP contribution in [0.15, 0.2) is 18.2 Å². The molecule has 166 valence electrons. The third-order valence-electron chi connectivity index (χ3n) is 7.34. The number of carbonyl (C=O) groups excluding carboxylic acids is 3. The first-order valence-corrected chi connectivity index (χ1v) is 11.8. The van der Waals surface area contributed by atoms with Crippen molar-refractivity contribution in [1.29, 1.82) is 0 Å². The second-order valence-electron chi connectivity index (χ2n) is 9.57. The van der Waals surface area contributed by atoms with E-state index in [4.69, 9.17) is 0 Å². The van der Waals surface area contributed by atoms with Gasteiger partial charge in [-0.1, -0.05) is 18.9 Å². The van der Waals surface area contributed by atoms with Crippen LogP contribution >= 0.6 is 0 Å². The van der Waals surface area contributed by atoms with Gasteiger partial charge in [0.25, 0.3) is 5.91 Å². The quantitative estimate of drug-likeness (QED) is 0.655. The predicted octanol–water partition coefficient (Wildman–Crippen LogP) is 2.05. The van der Waals surface area contributed by atoms with E-state index < -0.39 is 6.04 Å². The van der Waals surface area contributed by atoms with E-state index in [1.54, 1.807) is 4.90 Å². The van der Waals surface area contributed by atoms with Crippen molar-refractivity contribution in [2.45, 2.75) is 57.5 Å². The lowest BCUT2D eigenvalue weighted by Gasteiger charge is -2.33. The van der Waals surface area contributed by atoms with Crippen LogP contribution in [0.4, 0.5) is 5.69 Å². The first-order chi connectivity index (χ1) is 15.1. The van der Waals surface area contributed by atoms with Crippen molar-refractivity contribution in [2.24, 2.45) is 11.8 Å². The van der Waals surface area contributed by atoms with Gasteiger partial charge in [0.15, 0.2) is 0 Å². The number of imide groups is 1. The van der Waals surface area contributed by atoms with Crippen LogP contribution in [0, 0.1) is 11.8 Å². The van der Waals surface area contributed by atoms with Gasteiger partial charge in [-0.05, 0) is 62.7 Å². The van der Waals surface area contributed by atoms with Gasteiger partial charge in [-0.3, -0.25) is 19.7 Å². The Morgan fingerprint density at radius 1 is 1.00 bits per heavy atom. The topological polar surface area (TPSA) is 81.8 Å². The first kappa shape index (κ1) is 20.5. The van der Waals surface area contributed by atoms with Crippen molar-refractivity contribution >= 4 is 23.4 Å². The van der Waals surface area contributed by atoms with Crippen LogP contribution in [0.5, 0.6) is 0 Å². The summed E-state index contributed by atoms with van der Waals surface area (Å²) in [5, 5.41) is 5.85. The second kappa shape index (κ2) is 8.61. The van der Waals surface area contributed by atoms with Crippen molar-refractivity contribution < 1.29 is 14.4 Å². The Morgan fingerprint density at radius 3 is 2.55 bits per heavy atom. The fraction of sp³-hybridized carbons (Fsp3) is 0.625. The average Bonchev–Trinajstić information content (AvgIpc) is 3.54. The fourth-order valence-electron chi connectivity index (χ4n) is 5.30. The fourth-order valence-corrected chi connectivity index (χ4v) is 5.30. The minimum absolute atomic E-state index is 0.0876. The Bertz CT molecular complexity index is 876. The molecule has 0 radical (unpaired) electrons. The highest BCUT2D eigenvalue weighted by Gasteiger charge is 2.40. The highest BCUT2D eigenvalue weighted by atomic mass is 16.2. The maximum atomic E-state index is 13.2. The smallest absolute Gasteiger partial charge is 0.255 e. The third-order valence-corrected chi connectivity index (χ3v) is 7.34. The molecule has 1 atom stereocenters. The molecule has 7 heteroatoms. The van der Waals surface area contributed by atoms with E-state index in [9.17, 15) is 14.4 Å². The van der Waals surface area contributed by atoms with Gasteiger partial charge in [0, 0.05) is 42.9 Å². The number of hydrogen-bond donors (Lipinski definition) is 2. The Balaban J connectivity index is 1.38. The lowest BCUT2D eigenvalue weighted by atomic mass is 9.96. The van der Waals surface area contributed by atoms with Crippen molar-refractivity contribution in [2.75, 3.05) is 31.1 Å². The summed E-state index contributed by atoms with van der Waals surface area (Å²) < 4.78 is 0. The molecular weight excluding hydrogens is 392 g/mol. The van der Waals surface area contributed by atoms with Crippen LogP contribution < -0.4 is 15.5 Å². The number of hydrogen-bond acceptors (Lipinski definition) is 5. The zero-order valence-corrected chi connectivity index (χ0v) is 18.1. The number of piperidine rings is 2. The zero-order chi connectivity index (χ0) is 21.4. The van der Waals surface area contributed by atoms with Gasteiger partial charge in [-0.2, -0.15) is 0 Å². The SMILES string of the molecule is O=C1CCC(N2Cc3c(cccc3N(CCC3CC3)CC3CCNCC3)C2=O)C(=O)N1. The Hall–Kier alpha value is -2.41.